The molecule has 0 atom stereocenters. The van der Waals surface area contributed by atoms with Crippen LogP contribution in [0.15, 0.2) is 0 Å². The minimum Gasteiger partial charge on any atom is -0.328 e. The number of rotatable bonds is 2. The molecule has 0 radical (unpaired) electrons. The van der Waals surface area contributed by atoms with Gasteiger partial charge in [-0.05, 0) is 26.7 Å². The van der Waals surface area contributed by atoms with Crippen LogP contribution in [0.4, 0.5) is 4.79 Å². The summed E-state index contributed by atoms with van der Waals surface area (Å²) in [6.45, 7) is 3.96. The molecule has 1 aliphatic carbocycles. The van der Waals surface area contributed by atoms with Gasteiger partial charge < -0.3 is 11.1 Å². The normalized spacial score (nSPS) is 24.3. The van der Waals surface area contributed by atoms with Crippen LogP contribution in [0.1, 0.15) is 58.8 Å². The van der Waals surface area contributed by atoms with Crippen LogP contribution in [0.2, 0.25) is 0 Å². The molecule has 1 saturated heterocycles. The number of urea groups is 1. The number of nitrogens with zero attached hydrogens (tertiary/aromatic N) is 1. The summed E-state index contributed by atoms with van der Waals surface area (Å²) in [4.78, 5) is 26.3. The van der Waals surface area contributed by atoms with Gasteiger partial charge in [-0.25, -0.2) is 4.79 Å². The maximum atomic E-state index is 12.8. The summed E-state index contributed by atoms with van der Waals surface area (Å²) < 4.78 is 0. The molecule has 1 heterocycles. The lowest BCUT2D eigenvalue weighted by Crippen LogP contribution is -2.54. The standard InChI is InChI=1S/C14H25N3O2/c1-13(2,10-15)17-11(18)14(16-12(17)19)8-6-4-3-5-7-9-14/h3-10,15H2,1-2H3,(H,16,19). The molecule has 1 saturated carbocycles. The van der Waals surface area contributed by atoms with Crippen molar-refractivity contribution in [2.45, 2.75) is 69.9 Å². The molecule has 5 heteroatoms. The van der Waals surface area contributed by atoms with Crippen LogP contribution in [0.25, 0.3) is 0 Å². The summed E-state index contributed by atoms with van der Waals surface area (Å²) in [6.07, 6.45) is 7.04. The fraction of sp³-hybridized carbons (Fsp3) is 0.857. The molecule has 0 unspecified atom stereocenters. The first-order chi connectivity index (χ1) is 8.93. The highest BCUT2D eigenvalue weighted by Crippen LogP contribution is 2.34. The second kappa shape index (κ2) is 5.12. The fourth-order valence-corrected chi connectivity index (χ4v) is 3.11. The zero-order chi connectivity index (χ0) is 14.1. The third kappa shape index (κ3) is 2.48. The van der Waals surface area contributed by atoms with Crippen LogP contribution in [0.5, 0.6) is 0 Å². The number of hydrogen-bond acceptors (Lipinski definition) is 3. The maximum absolute atomic E-state index is 12.8. The van der Waals surface area contributed by atoms with E-state index in [9.17, 15) is 9.59 Å². The van der Waals surface area contributed by atoms with Crippen molar-refractivity contribution in [3.05, 3.63) is 0 Å². The SMILES string of the molecule is CC(C)(CN)N1C(=O)NC2(CCCCCCC2)C1=O. The zero-order valence-corrected chi connectivity index (χ0v) is 12.0. The first-order valence-electron chi connectivity index (χ1n) is 7.30. The Hall–Kier alpha value is -1.10. The fourth-order valence-electron chi connectivity index (χ4n) is 3.11. The Bertz CT molecular complexity index is 371. The van der Waals surface area contributed by atoms with Crippen molar-refractivity contribution in [1.82, 2.24) is 10.2 Å². The lowest BCUT2D eigenvalue weighted by Gasteiger charge is -2.34. The highest BCUT2D eigenvalue weighted by Gasteiger charge is 2.54. The number of nitrogens with two attached hydrogens (primary N) is 1. The summed E-state index contributed by atoms with van der Waals surface area (Å²) in [5.74, 6) is -0.0742. The minimum atomic E-state index is -0.663. The second-order valence-electron chi connectivity index (χ2n) is 6.44. The zero-order valence-electron chi connectivity index (χ0n) is 12.0. The van der Waals surface area contributed by atoms with Crippen LogP contribution in [0.3, 0.4) is 0 Å². The molecular weight excluding hydrogens is 242 g/mol. The first kappa shape index (κ1) is 14.3. The van der Waals surface area contributed by atoms with Crippen LogP contribution in [-0.2, 0) is 4.79 Å². The van der Waals surface area contributed by atoms with Crippen molar-refractivity contribution in [3.8, 4) is 0 Å². The van der Waals surface area contributed by atoms with E-state index in [0.717, 1.165) is 38.5 Å². The van der Waals surface area contributed by atoms with Gasteiger partial charge in [0.1, 0.15) is 5.54 Å². The lowest BCUT2D eigenvalue weighted by atomic mass is 9.83. The Morgan fingerprint density at radius 1 is 1.16 bits per heavy atom. The molecular formula is C14H25N3O2. The van der Waals surface area contributed by atoms with Gasteiger partial charge in [0, 0.05) is 6.54 Å². The van der Waals surface area contributed by atoms with Gasteiger partial charge in [-0.3, -0.25) is 9.69 Å². The highest BCUT2D eigenvalue weighted by atomic mass is 16.2. The Labute approximate surface area is 114 Å². The molecule has 2 rings (SSSR count). The van der Waals surface area contributed by atoms with Crippen LogP contribution in [0, 0.1) is 0 Å². The predicted octanol–water partition coefficient (Wildman–Crippen LogP) is 1.76. The van der Waals surface area contributed by atoms with Gasteiger partial charge in [0.25, 0.3) is 5.91 Å². The summed E-state index contributed by atoms with van der Waals surface area (Å²) in [6, 6.07) is -0.277. The molecule has 5 nitrogen and oxygen atoms in total. The average molecular weight is 267 g/mol. The van der Waals surface area contributed by atoms with Crippen LogP contribution < -0.4 is 11.1 Å². The van der Waals surface area contributed by atoms with Gasteiger partial charge in [-0.2, -0.15) is 0 Å². The van der Waals surface area contributed by atoms with Gasteiger partial charge in [-0.1, -0.05) is 32.1 Å². The molecule has 2 aliphatic rings. The smallest absolute Gasteiger partial charge is 0.325 e. The van der Waals surface area contributed by atoms with Crippen molar-refractivity contribution >= 4 is 11.9 Å². The van der Waals surface area contributed by atoms with E-state index in [1.807, 2.05) is 13.8 Å². The summed E-state index contributed by atoms with van der Waals surface area (Å²) in [5, 5.41) is 2.96. The lowest BCUT2D eigenvalue weighted by molar-refractivity contribution is -0.135. The molecule has 3 amide bonds. The minimum absolute atomic E-state index is 0.0742. The summed E-state index contributed by atoms with van der Waals surface area (Å²) >= 11 is 0. The molecule has 1 spiro atoms. The van der Waals surface area contributed by atoms with E-state index < -0.39 is 11.1 Å². The molecule has 3 N–H and O–H groups in total. The second-order valence-corrected chi connectivity index (χ2v) is 6.44. The largest absolute Gasteiger partial charge is 0.328 e. The third-order valence-corrected chi connectivity index (χ3v) is 4.47. The average Bonchev–Trinajstić information content (AvgIpc) is 2.57. The molecule has 1 aliphatic heterocycles. The van der Waals surface area contributed by atoms with Crippen molar-refractivity contribution in [1.29, 1.82) is 0 Å². The van der Waals surface area contributed by atoms with E-state index in [1.54, 1.807) is 0 Å². The van der Waals surface area contributed by atoms with Crippen molar-refractivity contribution < 1.29 is 9.59 Å². The molecule has 108 valence electrons. The topological polar surface area (TPSA) is 75.4 Å². The van der Waals surface area contributed by atoms with Gasteiger partial charge in [0.15, 0.2) is 0 Å². The van der Waals surface area contributed by atoms with Crippen molar-refractivity contribution in [2.75, 3.05) is 6.54 Å². The molecule has 19 heavy (non-hydrogen) atoms. The highest BCUT2D eigenvalue weighted by molar-refractivity contribution is 6.07. The number of nitrogens with one attached hydrogen (secondary N) is 1. The Morgan fingerprint density at radius 3 is 2.21 bits per heavy atom. The van der Waals surface area contributed by atoms with E-state index in [-0.39, 0.29) is 18.5 Å². The van der Waals surface area contributed by atoms with E-state index in [2.05, 4.69) is 5.32 Å². The van der Waals surface area contributed by atoms with Crippen molar-refractivity contribution in [3.63, 3.8) is 0 Å². The predicted molar refractivity (Wildman–Crippen MR) is 73.6 cm³/mol. The molecule has 0 aromatic heterocycles. The molecule has 0 aromatic carbocycles. The van der Waals surface area contributed by atoms with E-state index in [4.69, 9.17) is 5.73 Å². The Morgan fingerprint density at radius 2 is 1.68 bits per heavy atom. The van der Waals surface area contributed by atoms with Crippen LogP contribution in [-0.4, -0.2) is 34.5 Å². The molecule has 2 fully saturated rings. The molecule has 0 bridgehead atoms. The number of hydrogen-bond donors (Lipinski definition) is 2. The number of amides is 3. The first-order valence-corrected chi connectivity index (χ1v) is 7.30. The van der Waals surface area contributed by atoms with E-state index in [0.29, 0.717) is 0 Å². The number of carbonyl (C=O) groups is 2. The van der Waals surface area contributed by atoms with Crippen molar-refractivity contribution in [2.24, 2.45) is 5.73 Å². The van der Waals surface area contributed by atoms with Crippen LogP contribution >= 0.6 is 0 Å². The Balaban J connectivity index is 2.24. The summed E-state index contributed by atoms with van der Waals surface area (Å²) in [7, 11) is 0. The quantitative estimate of drug-likeness (QED) is 0.749. The van der Waals surface area contributed by atoms with Gasteiger partial charge in [0.05, 0.1) is 5.54 Å². The van der Waals surface area contributed by atoms with E-state index >= 15 is 0 Å². The van der Waals surface area contributed by atoms with E-state index in [1.165, 1.54) is 11.3 Å². The summed E-state index contributed by atoms with van der Waals surface area (Å²) in [5.41, 5.74) is 4.43. The number of carbonyl (C=O) groups excluding carboxylic acids is 2. The number of imide groups is 1. The Kier molecular flexibility index (Phi) is 3.85. The monoisotopic (exact) mass is 267 g/mol. The maximum Gasteiger partial charge on any atom is 0.325 e. The molecule has 0 aromatic rings. The van der Waals surface area contributed by atoms with Gasteiger partial charge >= 0.3 is 6.03 Å². The van der Waals surface area contributed by atoms with Gasteiger partial charge in [-0.15, -0.1) is 0 Å². The van der Waals surface area contributed by atoms with Gasteiger partial charge in [0.2, 0.25) is 0 Å². The third-order valence-electron chi connectivity index (χ3n) is 4.47.